The van der Waals surface area contributed by atoms with E-state index in [9.17, 15) is 23.5 Å². The van der Waals surface area contributed by atoms with E-state index in [1.165, 1.54) is 4.90 Å². The predicted octanol–water partition coefficient (Wildman–Crippen LogP) is 1.13. The number of aryl methyl sites for hydroxylation is 1. The number of nitrogens with zero attached hydrogens (tertiary/aromatic N) is 2. The normalized spacial score (nSPS) is 17.3. The van der Waals surface area contributed by atoms with E-state index in [0.29, 0.717) is 5.82 Å². The first-order chi connectivity index (χ1) is 11.2. The van der Waals surface area contributed by atoms with Crippen LogP contribution in [0, 0.1) is 6.92 Å². The molecular formula is C15H20F2N4O3. The van der Waals surface area contributed by atoms with Crippen molar-refractivity contribution in [2.24, 2.45) is 0 Å². The zero-order valence-corrected chi connectivity index (χ0v) is 13.5. The van der Waals surface area contributed by atoms with Gasteiger partial charge in [0.2, 0.25) is 0 Å². The Balaban J connectivity index is 1.99. The van der Waals surface area contributed by atoms with Crippen molar-refractivity contribution in [2.45, 2.75) is 31.3 Å². The maximum atomic E-state index is 14.0. The Morgan fingerprint density at radius 2 is 2.00 bits per heavy atom. The van der Waals surface area contributed by atoms with Gasteiger partial charge >= 0.3 is 12.0 Å². The third-order valence-corrected chi connectivity index (χ3v) is 4.12. The molecule has 24 heavy (non-hydrogen) atoms. The van der Waals surface area contributed by atoms with E-state index in [-0.39, 0.29) is 13.1 Å². The second kappa shape index (κ2) is 6.68. The lowest BCUT2D eigenvalue weighted by Gasteiger charge is -2.41. The van der Waals surface area contributed by atoms with E-state index in [1.807, 2.05) is 12.2 Å². The van der Waals surface area contributed by atoms with Gasteiger partial charge in [-0.1, -0.05) is 0 Å². The monoisotopic (exact) mass is 342 g/mol. The van der Waals surface area contributed by atoms with Crippen LogP contribution in [0.25, 0.3) is 0 Å². The Kier molecular flexibility index (Phi) is 5.02. The average Bonchev–Trinajstić information content (AvgIpc) is 2.54. The third kappa shape index (κ3) is 3.45. The number of piperidine rings is 1. The fourth-order valence-corrected chi connectivity index (χ4v) is 2.56. The summed E-state index contributed by atoms with van der Waals surface area (Å²) in [5.74, 6) is -5.09. The van der Waals surface area contributed by atoms with Gasteiger partial charge < -0.3 is 15.3 Å². The van der Waals surface area contributed by atoms with Crippen LogP contribution in [0.2, 0.25) is 0 Å². The lowest BCUT2D eigenvalue weighted by Crippen LogP contribution is -2.61. The lowest BCUT2D eigenvalue weighted by molar-refractivity contribution is -0.202. The molecule has 0 bridgehead atoms. The topological polar surface area (TPSA) is 94.6 Å². The molecule has 1 fully saturated rings. The SMILES string of the molecule is CNC(=O)C(F)(F)C1(O)CCN(C(=O)Nc2cc(C)ccn2)CC1. The minimum atomic E-state index is -3.91. The van der Waals surface area contributed by atoms with Crippen LogP contribution in [0.1, 0.15) is 18.4 Å². The number of aromatic nitrogens is 1. The van der Waals surface area contributed by atoms with Crippen molar-refractivity contribution >= 4 is 17.8 Å². The fourth-order valence-electron chi connectivity index (χ4n) is 2.56. The van der Waals surface area contributed by atoms with Crippen molar-refractivity contribution in [1.29, 1.82) is 0 Å². The number of hydrogen-bond donors (Lipinski definition) is 3. The van der Waals surface area contributed by atoms with Gasteiger partial charge in [0, 0.05) is 39.2 Å². The van der Waals surface area contributed by atoms with Gasteiger partial charge in [-0.2, -0.15) is 8.78 Å². The van der Waals surface area contributed by atoms with Gasteiger partial charge in [0.1, 0.15) is 11.4 Å². The number of pyridine rings is 1. The van der Waals surface area contributed by atoms with Crippen molar-refractivity contribution in [3.63, 3.8) is 0 Å². The minimum Gasteiger partial charge on any atom is -0.383 e. The summed E-state index contributed by atoms with van der Waals surface area (Å²) >= 11 is 0. The van der Waals surface area contributed by atoms with Gasteiger partial charge in [-0.3, -0.25) is 10.1 Å². The van der Waals surface area contributed by atoms with Gasteiger partial charge in [0.15, 0.2) is 0 Å². The Labute approximate surface area is 138 Å². The van der Waals surface area contributed by atoms with E-state index in [2.05, 4.69) is 10.3 Å². The highest BCUT2D eigenvalue weighted by atomic mass is 19.3. The standard InChI is InChI=1S/C15H20F2N4O3/c1-10-3-6-19-11(9-10)20-13(23)21-7-4-14(24,5-8-21)15(16,17)12(22)18-2/h3,6,9,24H,4-5,7-8H2,1-2H3,(H,18,22)(H,19,20,23). The molecule has 2 rings (SSSR count). The van der Waals surface area contributed by atoms with Gasteiger partial charge in [0.25, 0.3) is 5.91 Å². The molecule has 2 heterocycles. The molecule has 0 aliphatic carbocycles. The first kappa shape index (κ1) is 18.1. The molecule has 0 saturated carbocycles. The highest BCUT2D eigenvalue weighted by Gasteiger charge is 2.58. The summed E-state index contributed by atoms with van der Waals surface area (Å²) in [6.45, 7) is 1.65. The second-order valence-electron chi connectivity index (χ2n) is 5.82. The molecule has 1 aromatic heterocycles. The summed E-state index contributed by atoms with van der Waals surface area (Å²) in [7, 11) is 1.08. The Morgan fingerprint density at radius 1 is 1.38 bits per heavy atom. The molecule has 3 amide bonds. The number of rotatable bonds is 3. The number of urea groups is 1. The highest BCUT2D eigenvalue weighted by Crippen LogP contribution is 2.37. The number of likely N-dealkylation sites (tertiary alicyclic amines) is 1. The zero-order valence-electron chi connectivity index (χ0n) is 13.5. The number of alkyl halides is 2. The summed E-state index contributed by atoms with van der Waals surface area (Å²) in [5, 5.41) is 14.6. The van der Waals surface area contributed by atoms with Crippen molar-refractivity contribution in [3.05, 3.63) is 23.9 Å². The van der Waals surface area contributed by atoms with Gasteiger partial charge in [0.05, 0.1) is 0 Å². The van der Waals surface area contributed by atoms with E-state index in [1.54, 1.807) is 18.3 Å². The largest absolute Gasteiger partial charge is 0.383 e. The third-order valence-electron chi connectivity index (χ3n) is 4.12. The summed E-state index contributed by atoms with van der Waals surface area (Å²) in [4.78, 5) is 28.8. The van der Waals surface area contributed by atoms with Crippen LogP contribution in [0.3, 0.4) is 0 Å². The number of carbonyl (C=O) groups excluding carboxylic acids is 2. The van der Waals surface area contributed by atoms with Gasteiger partial charge in [-0.05, 0) is 24.6 Å². The quantitative estimate of drug-likeness (QED) is 0.767. The van der Waals surface area contributed by atoms with Crippen LogP contribution in [0.5, 0.6) is 0 Å². The van der Waals surface area contributed by atoms with Crippen LogP contribution in [0.4, 0.5) is 19.4 Å². The number of nitrogens with one attached hydrogen (secondary N) is 2. The van der Waals surface area contributed by atoms with E-state index >= 15 is 0 Å². The van der Waals surface area contributed by atoms with Crippen LogP contribution in [-0.2, 0) is 4.79 Å². The predicted molar refractivity (Wildman–Crippen MR) is 82.8 cm³/mol. The van der Waals surface area contributed by atoms with E-state index < -0.39 is 36.3 Å². The minimum absolute atomic E-state index is 0.0965. The molecule has 1 aliphatic heterocycles. The molecule has 0 atom stereocenters. The number of hydrogen-bond acceptors (Lipinski definition) is 4. The molecule has 1 aliphatic rings. The second-order valence-corrected chi connectivity index (χ2v) is 5.82. The number of anilines is 1. The summed E-state index contributed by atoms with van der Waals surface area (Å²) in [6, 6.07) is 2.97. The summed E-state index contributed by atoms with van der Waals surface area (Å²) in [5.41, 5.74) is -1.55. The maximum absolute atomic E-state index is 14.0. The van der Waals surface area contributed by atoms with Crippen LogP contribution in [-0.4, -0.2) is 58.6 Å². The smallest absolute Gasteiger partial charge is 0.352 e. The van der Waals surface area contributed by atoms with Crippen LogP contribution in [0.15, 0.2) is 18.3 Å². The molecule has 1 aromatic rings. The molecule has 7 nitrogen and oxygen atoms in total. The van der Waals surface area contributed by atoms with E-state index in [0.717, 1.165) is 12.6 Å². The number of amides is 3. The zero-order chi connectivity index (χ0) is 18.0. The number of carbonyl (C=O) groups is 2. The molecule has 0 spiro atoms. The van der Waals surface area contributed by atoms with Gasteiger partial charge in [-0.25, -0.2) is 9.78 Å². The Morgan fingerprint density at radius 3 is 2.54 bits per heavy atom. The van der Waals surface area contributed by atoms with Crippen molar-refractivity contribution in [3.8, 4) is 0 Å². The molecule has 0 radical (unpaired) electrons. The Bertz CT molecular complexity index is 631. The molecule has 132 valence electrons. The first-order valence-corrected chi connectivity index (χ1v) is 7.50. The van der Waals surface area contributed by atoms with Crippen LogP contribution < -0.4 is 10.6 Å². The van der Waals surface area contributed by atoms with Gasteiger partial charge in [-0.15, -0.1) is 0 Å². The molecule has 3 N–H and O–H groups in total. The average molecular weight is 342 g/mol. The number of halogens is 2. The van der Waals surface area contributed by atoms with E-state index in [4.69, 9.17) is 0 Å². The first-order valence-electron chi connectivity index (χ1n) is 7.50. The molecule has 9 heteroatoms. The highest BCUT2D eigenvalue weighted by molar-refractivity contribution is 5.88. The van der Waals surface area contributed by atoms with Crippen molar-refractivity contribution in [1.82, 2.24) is 15.2 Å². The molecule has 1 saturated heterocycles. The molecule has 0 unspecified atom stereocenters. The fraction of sp³-hybridized carbons (Fsp3) is 0.533. The maximum Gasteiger partial charge on any atom is 0.352 e. The van der Waals surface area contributed by atoms with Crippen LogP contribution >= 0.6 is 0 Å². The van der Waals surface area contributed by atoms with Crippen molar-refractivity contribution < 1.29 is 23.5 Å². The van der Waals surface area contributed by atoms with Crippen molar-refractivity contribution in [2.75, 3.05) is 25.5 Å². The molecule has 0 aromatic carbocycles. The number of aliphatic hydroxyl groups is 1. The summed E-state index contributed by atoms with van der Waals surface area (Å²) in [6.07, 6.45) is 0.744. The molecular weight excluding hydrogens is 322 g/mol. The Hall–Kier alpha value is -2.29. The lowest BCUT2D eigenvalue weighted by atomic mass is 9.84. The summed E-state index contributed by atoms with van der Waals surface area (Å²) < 4.78 is 28.0.